The minimum absolute atomic E-state index is 0.189. The lowest BCUT2D eigenvalue weighted by molar-refractivity contribution is -0.154. The number of carboxylic acid groups (broad SMARTS) is 2. The highest BCUT2D eigenvalue weighted by molar-refractivity contribution is 9.10. The van der Waals surface area contributed by atoms with Crippen molar-refractivity contribution in [3.05, 3.63) is 34.1 Å². The predicted octanol–water partition coefficient (Wildman–Crippen LogP) is 1.92. The van der Waals surface area contributed by atoms with Gasteiger partial charge >= 0.3 is 11.9 Å². The maximum atomic E-state index is 12.7. The molecule has 1 aromatic carbocycles. The van der Waals surface area contributed by atoms with Crippen molar-refractivity contribution < 1.29 is 24.2 Å². The molecule has 0 spiro atoms. The van der Waals surface area contributed by atoms with Gasteiger partial charge in [0.25, 0.3) is 0 Å². The van der Waals surface area contributed by atoms with Gasteiger partial charge in [0.15, 0.2) is 5.92 Å². The number of rotatable bonds is 4. The van der Waals surface area contributed by atoms with Crippen LogP contribution in [0.5, 0.6) is 0 Å². The molecule has 0 fully saturated rings. The Kier molecular flexibility index (Phi) is 4.00. The standard InChI is InChI=1S/C10H8BrFO4/c11-8-4-6(12)2-1-5(8)3-7(9(13)14)10(15)16/h1-2,4,7H,3H2,(H,13,14)(H,15,16). The van der Waals surface area contributed by atoms with Crippen molar-refractivity contribution in [1.82, 2.24) is 0 Å². The first-order chi connectivity index (χ1) is 7.41. The largest absolute Gasteiger partial charge is 0.481 e. The number of hydrogen-bond acceptors (Lipinski definition) is 2. The zero-order chi connectivity index (χ0) is 12.3. The molecule has 0 aliphatic heterocycles. The number of hydrogen-bond donors (Lipinski definition) is 2. The van der Waals surface area contributed by atoms with E-state index in [0.717, 1.165) is 12.1 Å². The first kappa shape index (κ1) is 12.6. The molecule has 0 atom stereocenters. The monoisotopic (exact) mass is 290 g/mol. The Morgan fingerprint density at radius 2 is 1.88 bits per heavy atom. The molecule has 1 aromatic rings. The van der Waals surface area contributed by atoms with Crippen molar-refractivity contribution in [2.24, 2.45) is 5.92 Å². The molecule has 0 aromatic heterocycles. The quantitative estimate of drug-likeness (QED) is 0.831. The summed E-state index contributed by atoms with van der Waals surface area (Å²) in [6, 6.07) is 3.68. The fourth-order valence-corrected chi connectivity index (χ4v) is 1.70. The van der Waals surface area contributed by atoms with Gasteiger partial charge in [-0.1, -0.05) is 22.0 Å². The molecule has 0 heterocycles. The minimum atomic E-state index is -1.53. The lowest BCUT2D eigenvalue weighted by Crippen LogP contribution is -2.25. The molecule has 16 heavy (non-hydrogen) atoms. The topological polar surface area (TPSA) is 74.6 Å². The van der Waals surface area contributed by atoms with E-state index in [1.807, 2.05) is 0 Å². The Labute approximate surface area is 98.8 Å². The predicted molar refractivity (Wildman–Crippen MR) is 56.6 cm³/mol. The van der Waals surface area contributed by atoms with Crippen LogP contribution in [0.1, 0.15) is 5.56 Å². The van der Waals surface area contributed by atoms with Gasteiger partial charge in [0.1, 0.15) is 5.82 Å². The highest BCUT2D eigenvalue weighted by Gasteiger charge is 2.26. The second-order valence-corrected chi connectivity index (χ2v) is 4.02. The van der Waals surface area contributed by atoms with Crippen LogP contribution in [0, 0.1) is 11.7 Å². The van der Waals surface area contributed by atoms with Gasteiger partial charge in [0.05, 0.1) is 0 Å². The fraction of sp³-hybridized carbons (Fsp3) is 0.200. The average molecular weight is 291 g/mol. The third-order valence-electron chi connectivity index (χ3n) is 2.04. The van der Waals surface area contributed by atoms with Crippen molar-refractivity contribution in [2.75, 3.05) is 0 Å². The summed E-state index contributed by atoms with van der Waals surface area (Å²) in [6.45, 7) is 0. The van der Waals surface area contributed by atoms with Crippen LogP contribution in [0.25, 0.3) is 0 Å². The average Bonchev–Trinajstić information content (AvgIpc) is 2.15. The van der Waals surface area contributed by atoms with Gasteiger partial charge < -0.3 is 10.2 Å². The summed E-state index contributed by atoms with van der Waals surface area (Å²) < 4.78 is 13.1. The minimum Gasteiger partial charge on any atom is -0.481 e. The maximum absolute atomic E-state index is 12.7. The van der Waals surface area contributed by atoms with Gasteiger partial charge in [-0.2, -0.15) is 0 Å². The van der Waals surface area contributed by atoms with Crippen molar-refractivity contribution in [2.45, 2.75) is 6.42 Å². The Balaban J connectivity index is 2.94. The summed E-state index contributed by atoms with van der Waals surface area (Å²) in [6.07, 6.45) is -0.189. The summed E-state index contributed by atoms with van der Waals surface area (Å²) in [5, 5.41) is 17.4. The third kappa shape index (κ3) is 3.03. The van der Waals surface area contributed by atoms with Crippen molar-refractivity contribution >= 4 is 27.9 Å². The lowest BCUT2D eigenvalue weighted by Gasteiger charge is -2.08. The van der Waals surface area contributed by atoms with Crippen LogP contribution in [0.2, 0.25) is 0 Å². The third-order valence-corrected chi connectivity index (χ3v) is 2.77. The summed E-state index contributed by atoms with van der Waals surface area (Å²) in [7, 11) is 0. The van der Waals surface area contributed by atoms with Gasteiger partial charge in [0, 0.05) is 4.47 Å². The lowest BCUT2D eigenvalue weighted by atomic mass is 10.00. The highest BCUT2D eigenvalue weighted by atomic mass is 79.9. The Morgan fingerprint density at radius 3 is 2.31 bits per heavy atom. The molecule has 0 unspecified atom stereocenters. The van der Waals surface area contributed by atoms with Crippen LogP contribution in [-0.4, -0.2) is 22.2 Å². The van der Waals surface area contributed by atoms with E-state index in [0.29, 0.717) is 10.0 Å². The molecular weight excluding hydrogens is 283 g/mol. The molecule has 0 aliphatic rings. The first-order valence-electron chi connectivity index (χ1n) is 4.31. The van der Waals surface area contributed by atoms with E-state index in [2.05, 4.69) is 15.9 Å². The molecular formula is C10H8BrFO4. The number of carbonyl (C=O) groups is 2. The number of aliphatic carboxylic acids is 2. The molecule has 86 valence electrons. The van der Waals surface area contributed by atoms with Crippen LogP contribution >= 0.6 is 15.9 Å². The maximum Gasteiger partial charge on any atom is 0.318 e. The molecule has 0 bridgehead atoms. The molecule has 0 radical (unpaired) electrons. The van der Waals surface area contributed by atoms with E-state index >= 15 is 0 Å². The van der Waals surface area contributed by atoms with E-state index in [1.165, 1.54) is 6.07 Å². The van der Waals surface area contributed by atoms with Crippen molar-refractivity contribution in [1.29, 1.82) is 0 Å². The van der Waals surface area contributed by atoms with E-state index in [-0.39, 0.29) is 6.42 Å². The second-order valence-electron chi connectivity index (χ2n) is 3.17. The van der Waals surface area contributed by atoms with E-state index in [1.54, 1.807) is 0 Å². The Bertz CT molecular complexity index is 419. The molecule has 6 heteroatoms. The smallest absolute Gasteiger partial charge is 0.318 e. The molecule has 0 saturated heterocycles. The second kappa shape index (κ2) is 5.07. The van der Waals surface area contributed by atoms with Crippen LogP contribution in [0.4, 0.5) is 4.39 Å². The summed E-state index contributed by atoms with van der Waals surface area (Å²) >= 11 is 3.05. The van der Waals surface area contributed by atoms with Crippen LogP contribution < -0.4 is 0 Å². The molecule has 1 rings (SSSR count). The molecule has 0 aliphatic carbocycles. The number of halogens is 2. The molecule has 0 saturated carbocycles. The normalized spacial score (nSPS) is 10.4. The van der Waals surface area contributed by atoms with Crippen molar-refractivity contribution in [3.8, 4) is 0 Å². The summed E-state index contributed by atoms with van der Waals surface area (Å²) in [5.41, 5.74) is 0.441. The fourth-order valence-electron chi connectivity index (χ4n) is 1.19. The van der Waals surface area contributed by atoms with Gasteiger partial charge in [-0.15, -0.1) is 0 Å². The van der Waals surface area contributed by atoms with Crippen LogP contribution in [-0.2, 0) is 16.0 Å². The first-order valence-corrected chi connectivity index (χ1v) is 5.10. The van der Waals surface area contributed by atoms with E-state index < -0.39 is 23.7 Å². The summed E-state index contributed by atoms with van der Waals surface area (Å²) in [5.74, 6) is -4.83. The zero-order valence-corrected chi connectivity index (χ0v) is 9.57. The molecule has 4 nitrogen and oxygen atoms in total. The van der Waals surface area contributed by atoms with Crippen LogP contribution in [0.15, 0.2) is 22.7 Å². The van der Waals surface area contributed by atoms with Crippen molar-refractivity contribution in [3.63, 3.8) is 0 Å². The van der Waals surface area contributed by atoms with Gasteiger partial charge in [-0.3, -0.25) is 9.59 Å². The summed E-state index contributed by atoms with van der Waals surface area (Å²) in [4.78, 5) is 21.3. The number of benzene rings is 1. The number of carboxylic acids is 2. The highest BCUT2D eigenvalue weighted by Crippen LogP contribution is 2.21. The van der Waals surface area contributed by atoms with Gasteiger partial charge in [-0.25, -0.2) is 4.39 Å². The Morgan fingerprint density at radius 1 is 1.31 bits per heavy atom. The van der Waals surface area contributed by atoms with Crippen LogP contribution in [0.3, 0.4) is 0 Å². The molecule has 0 amide bonds. The Hall–Kier alpha value is -1.43. The zero-order valence-electron chi connectivity index (χ0n) is 7.98. The van der Waals surface area contributed by atoms with Gasteiger partial charge in [0.2, 0.25) is 0 Å². The SMILES string of the molecule is O=C(O)C(Cc1ccc(F)cc1Br)C(=O)O. The van der Waals surface area contributed by atoms with Gasteiger partial charge in [-0.05, 0) is 24.1 Å². The van der Waals surface area contributed by atoms with E-state index in [9.17, 15) is 14.0 Å². The molecule has 2 N–H and O–H groups in total. The van der Waals surface area contributed by atoms with E-state index in [4.69, 9.17) is 10.2 Å².